The molecule has 1 fully saturated rings. The van der Waals surface area contributed by atoms with Crippen LogP contribution in [0.1, 0.15) is 52.7 Å². The van der Waals surface area contributed by atoms with Crippen LogP contribution in [-0.4, -0.2) is 16.1 Å². The van der Waals surface area contributed by atoms with E-state index in [0.29, 0.717) is 5.92 Å². The Hall–Kier alpha value is -3.21. The van der Waals surface area contributed by atoms with Crippen molar-refractivity contribution >= 4 is 17.5 Å². The highest BCUT2D eigenvalue weighted by molar-refractivity contribution is 5.94. The van der Waals surface area contributed by atoms with Gasteiger partial charge in [-0.2, -0.15) is 0 Å². The minimum Gasteiger partial charge on any atom is -0.478 e. The quantitative estimate of drug-likeness (QED) is 0.536. The Morgan fingerprint density at radius 3 is 2.72 bits per heavy atom. The molecule has 1 heterocycles. The molecule has 1 aliphatic rings. The Balaban J connectivity index is 1.68. The largest absolute Gasteiger partial charge is 0.478 e. The lowest BCUT2D eigenvalue weighted by molar-refractivity contribution is 0.0697. The van der Waals surface area contributed by atoms with E-state index >= 15 is 0 Å². The minimum atomic E-state index is -1.08. The van der Waals surface area contributed by atoms with Gasteiger partial charge in [0.1, 0.15) is 17.2 Å². The van der Waals surface area contributed by atoms with Crippen LogP contribution in [-0.2, 0) is 6.42 Å². The third-order valence-corrected chi connectivity index (χ3v) is 5.40. The van der Waals surface area contributed by atoms with Gasteiger partial charge in [-0.1, -0.05) is 31.2 Å². The molecule has 1 aromatic heterocycles. The van der Waals surface area contributed by atoms with E-state index in [1.807, 2.05) is 19.1 Å². The summed E-state index contributed by atoms with van der Waals surface area (Å²) >= 11 is 0. The summed E-state index contributed by atoms with van der Waals surface area (Å²) in [5.74, 6) is -0.975. The summed E-state index contributed by atoms with van der Waals surface area (Å²) in [5, 5.41) is 12.4. The second-order valence-corrected chi connectivity index (χ2v) is 7.57. The van der Waals surface area contributed by atoms with Crippen LogP contribution >= 0.6 is 0 Å². The third kappa shape index (κ3) is 3.99. The van der Waals surface area contributed by atoms with Crippen LogP contribution in [0.25, 0.3) is 11.1 Å². The summed E-state index contributed by atoms with van der Waals surface area (Å²) in [6.45, 7) is 4.00. The van der Waals surface area contributed by atoms with Gasteiger partial charge in [-0.25, -0.2) is 14.2 Å². The fraction of sp³-hybridized carbons (Fsp3) is 0.250. The van der Waals surface area contributed by atoms with Crippen molar-refractivity contribution in [1.29, 1.82) is 0 Å². The molecule has 4 nitrogen and oxygen atoms in total. The minimum absolute atomic E-state index is 0.0613. The highest BCUT2D eigenvalue weighted by atomic mass is 19.1. The van der Waals surface area contributed by atoms with Crippen molar-refractivity contribution in [2.45, 2.75) is 39.0 Å². The number of rotatable bonds is 6. The molecule has 0 radical (unpaired) electrons. The molecular weight excluding hydrogens is 367 g/mol. The number of benzene rings is 2. The fourth-order valence-corrected chi connectivity index (χ4v) is 3.56. The number of hydrogen-bond acceptors (Lipinski definition) is 3. The maximum atomic E-state index is 14.9. The zero-order chi connectivity index (χ0) is 20.5. The molecule has 1 aliphatic carbocycles. The van der Waals surface area contributed by atoms with E-state index in [1.165, 1.54) is 11.6 Å². The SMILES string of the molecule is CCc1cccc(-c2cc(F)c(Nc3ncc(C4CC4)cc3C(=O)O)cc2C)c1. The van der Waals surface area contributed by atoms with Crippen LogP contribution in [0.5, 0.6) is 0 Å². The Kier molecular flexibility index (Phi) is 5.05. The maximum Gasteiger partial charge on any atom is 0.339 e. The summed E-state index contributed by atoms with van der Waals surface area (Å²) in [5.41, 5.74) is 5.07. The summed E-state index contributed by atoms with van der Waals surface area (Å²) in [6.07, 6.45) is 4.71. The molecule has 3 aromatic rings. The van der Waals surface area contributed by atoms with Crippen molar-refractivity contribution < 1.29 is 14.3 Å². The zero-order valence-electron chi connectivity index (χ0n) is 16.5. The van der Waals surface area contributed by atoms with Crippen molar-refractivity contribution in [3.8, 4) is 11.1 Å². The molecule has 0 spiro atoms. The second kappa shape index (κ2) is 7.66. The van der Waals surface area contributed by atoms with E-state index in [1.54, 1.807) is 18.3 Å². The first kappa shape index (κ1) is 19.1. The van der Waals surface area contributed by atoms with Crippen LogP contribution < -0.4 is 5.32 Å². The van der Waals surface area contributed by atoms with Crippen molar-refractivity contribution in [2.75, 3.05) is 5.32 Å². The first-order valence-electron chi connectivity index (χ1n) is 9.86. The number of nitrogens with zero attached hydrogens (tertiary/aromatic N) is 1. The van der Waals surface area contributed by atoms with Crippen LogP contribution in [0.15, 0.2) is 48.7 Å². The zero-order valence-corrected chi connectivity index (χ0v) is 16.5. The smallest absolute Gasteiger partial charge is 0.339 e. The fourth-order valence-electron chi connectivity index (χ4n) is 3.56. The molecule has 0 bridgehead atoms. The number of carboxylic acid groups (broad SMARTS) is 1. The van der Waals surface area contributed by atoms with Gasteiger partial charge in [0.2, 0.25) is 0 Å². The van der Waals surface area contributed by atoms with Crippen LogP contribution in [0, 0.1) is 12.7 Å². The Bertz CT molecular complexity index is 1090. The number of anilines is 2. The van der Waals surface area contributed by atoms with Gasteiger partial charge in [-0.3, -0.25) is 0 Å². The molecule has 1 saturated carbocycles. The average molecular weight is 390 g/mol. The van der Waals surface area contributed by atoms with Gasteiger partial charge >= 0.3 is 5.97 Å². The van der Waals surface area contributed by atoms with Crippen LogP contribution in [0.2, 0.25) is 0 Å². The predicted octanol–water partition coefficient (Wildman–Crippen LogP) is 6.08. The molecular formula is C24H23FN2O2. The van der Waals surface area contributed by atoms with Crippen molar-refractivity contribution in [1.82, 2.24) is 4.98 Å². The first-order valence-corrected chi connectivity index (χ1v) is 9.86. The Morgan fingerprint density at radius 2 is 2.03 bits per heavy atom. The molecule has 2 aromatic carbocycles. The van der Waals surface area contributed by atoms with Gasteiger partial charge in [-0.05, 0) is 78.1 Å². The van der Waals surface area contributed by atoms with E-state index < -0.39 is 11.8 Å². The van der Waals surface area contributed by atoms with E-state index in [9.17, 15) is 14.3 Å². The third-order valence-electron chi connectivity index (χ3n) is 5.40. The molecule has 29 heavy (non-hydrogen) atoms. The average Bonchev–Trinajstić information content (AvgIpc) is 3.56. The molecule has 0 atom stereocenters. The van der Waals surface area contributed by atoms with Gasteiger partial charge < -0.3 is 10.4 Å². The van der Waals surface area contributed by atoms with Gasteiger partial charge in [0, 0.05) is 6.20 Å². The number of nitrogens with one attached hydrogen (secondary N) is 1. The lowest BCUT2D eigenvalue weighted by Crippen LogP contribution is -2.07. The molecule has 2 N–H and O–H groups in total. The first-order chi connectivity index (χ1) is 14.0. The summed E-state index contributed by atoms with van der Waals surface area (Å²) < 4.78 is 14.9. The number of pyridine rings is 1. The topological polar surface area (TPSA) is 62.2 Å². The summed E-state index contributed by atoms with van der Waals surface area (Å²) in [4.78, 5) is 16.0. The molecule has 0 saturated heterocycles. The van der Waals surface area contributed by atoms with Crippen LogP contribution in [0.3, 0.4) is 0 Å². The molecule has 5 heteroatoms. The maximum absolute atomic E-state index is 14.9. The summed E-state index contributed by atoms with van der Waals surface area (Å²) in [7, 11) is 0. The number of aromatic nitrogens is 1. The Labute approximate surface area is 169 Å². The lowest BCUT2D eigenvalue weighted by atomic mass is 9.97. The van der Waals surface area contributed by atoms with Gasteiger partial charge in [0.05, 0.1) is 5.69 Å². The highest BCUT2D eigenvalue weighted by Gasteiger charge is 2.26. The summed E-state index contributed by atoms with van der Waals surface area (Å²) in [6, 6.07) is 12.9. The number of halogens is 1. The second-order valence-electron chi connectivity index (χ2n) is 7.57. The normalized spacial score (nSPS) is 13.3. The van der Waals surface area contributed by atoms with Gasteiger partial charge in [0.25, 0.3) is 0 Å². The van der Waals surface area contributed by atoms with Crippen molar-refractivity contribution in [3.63, 3.8) is 0 Å². The molecule has 148 valence electrons. The van der Waals surface area contributed by atoms with Gasteiger partial charge in [0.15, 0.2) is 0 Å². The van der Waals surface area contributed by atoms with Crippen molar-refractivity contribution in [2.24, 2.45) is 0 Å². The van der Waals surface area contributed by atoms with Crippen molar-refractivity contribution in [3.05, 3.63) is 76.7 Å². The highest BCUT2D eigenvalue weighted by Crippen LogP contribution is 2.41. The molecule has 0 amide bonds. The number of aromatic carboxylic acids is 1. The molecule has 4 rings (SSSR count). The standard InChI is InChI=1S/C24H23FN2O2/c1-3-15-5-4-6-17(10-15)19-12-21(25)22(9-14(19)2)27-23-20(24(28)29)11-18(13-26-23)16-7-8-16/h4-6,9-13,16H,3,7-8H2,1-2H3,(H,26,27)(H,28,29). The van der Waals surface area contributed by atoms with E-state index in [2.05, 4.69) is 29.4 Å². The lowest BCUT2D eigenvalue weighted by Gasteiger charge is -2.14. The van der Waals surface area contributed by atoms with E-state index in [4.69, 9.17) is 0 Å². The molecule has 0 aliphatic heterocycles. The van der Waals surface area contributed by atoms with Gasteiger partial charge in [-0.15, -0.1) is 0 Å². The van der Waals surface area contributed by atoms with Crippen LogP contribution in [0.4, 0.5) is 15.9 Å². The predicted molar refractivity (Wildman–Crippen MR) is 112 cm³/mol. The molecule has 0 unspecified atom stereocenters. The van der Waals surface area contributed by atoms with E-state index in [0.717, 1.165) is 41.5 Å². The number of aryl methyl sites for hydroxylation is 2. The Morgan fingerprint density at radius 1 is 1.24 bits per heavy atom. The number of carboxylic acids is 1. The van der Waals surface area contributed by atoms with E-state index in [-0.39, 0.29) is 17.1 Å². The monoisotopic (exact) mass is 390 g/mol. The number of hydrogen-bond donors (Lipinski definition) is 2. The number of carbonyl (C=O) groups is 1.